The molecule has 0 bridgehead atoms. The van der Waals surface area contributed by atoms with Gasteiger partial charge in [0.25, 0.3) is 0 Å². The van der Waals surface area contributed by atoms with Crippen LogP contribution in [0, 0.1) is 0 Å². The second-order valence-corrected chi connectivity index (χ2v) is 5.01. The van der Waals surface area contributed by atoms with Crippen molar-refractivity contribution in [2.75, 3.05) is 6.61 Å². The minimum atomic E-state index is 0.0403. The molecule has 0 spiro atoms. The summed E-state index contributed by atoms with van der Waals surface area (Å²) in [6.07, 6.45) is 2.03. The summed E-state index contributed by atoms with van der Waals surface area (Å²) in [7, 11) is 0. The maximum atomic E-state index is 10.2. The number of hydrogen-bond donors (Lipinski definition) is 2. The van der Waals surface area contributed by atoms with Crippen molar-refractivity contribution in [3.63, 3.8) is 0 Å². The Bertz CT molecular complexity index is 798. The molecule has 0 aliphatic carbocycles. The molecule has 3 rings (SSSR count). The second-order valence-electron chi connectivity index (χ2n) is 5.01. The number of aromatic nitrogens is 3. The van der Waals surface area contributed by atoms with Gasteiger partial charge in [-0.3, -0.25) is 0 Å². The first kappa shape index (κ1) is 14.2. The highest BCUT2D eigenvalue weighted by Crippen LogP contribution is 2.27. The molecule has 0 saturated heterocycles. The van der Waals surface area contributed by atoms with E-state index in [2.05, 4.69) is 17.1 Å². The van der Waals surface area contributed by atoms with E-state index < -0.39 is 0 Å². The van der Waals surface area contributed by atoms with Gasteiger partial charge in [-0.15, -0.1) is 15.0 Å². The fourth-order valence-electron chi connectivity index (χ4n) is 2.11. The van der Waals surface area contributed by atoms with Crippen molar-refractivity contribution in [3.8, 4) is 22.9 Å². The Hall–Kier alpha value is -2.76. The fourth-order valence-corrected chi connectivity index (χ4v) is 2.11. The second kappa shape index (κ2) is 5.93. The number of aromatic hydroxyl groups is 2. The van der Waals surface area contributed by atoms with E-state index in [1.165, 1.54) is 10.9 Å². The smallest absolute Gasteiger partial charge is 0.146 e. The predicted molar refractivity (Wildman–Crippen MR) is 82.6 cm³/mol. The van der Waals surface area contributed by atoms with Crippen LogP contribution >= 0.6 is 0 Å². The van der Waals surface area contributed by atoms with Crippen LogP contribution in [-0.2, 0) is 0 Å². The molecule has 0 fully saturated rings. The quantitative estimate of drug-likeness (QED) is 0.708. The zero-order chi connectivity index (χ0) is 15.5. The van der Waals surface area contributed by atoms with Crippen molar-refractivity contribution >= 4 is 11.0 Å². The van der Waals surface area contributed by atoms with Crippen molar-refractivity contribution in [1.82, 2.24) is 15.0 Å². The minimum absolute atomic E-state index is 0.0403. The van der Waals surface area contributed by atoms with Gasteiger partial charge in [-0.25, -0.2) is 0 Å². The summed E-state index contributed by atoms with van der Waals surface area (Å²) in [5.41, 5.74) is 1.65. The molecule has 2 aromatic carbocycles. The van der Waals surface area contributed by atoms with Gasteiger partial charge in [0.1, 0.15) is 34.0 Å². The summed E-state index contributed by atoms with van der Waals surface area (Å²) in [5, 5.41) is 28.1. The third-order valence-corrected chi connectivity index (χ3v) is 3.29. The first-order valence-electron chi connectivity index (χ1n) is 7.19. The van der Waals surface area contributed by atoms with E-state index in [9.17, 15) is 10.2 Å². The summed E-state index contributed by atoms with van der Waals surface area (Å²) >= 11 is 0. The van der Waals surface area contributed by atoms with E-state index >= 15 is 0 Å². The van der Waals surface area contributed by atoms with Crippen molar-refractivity contribution in [2.24, 2.45) is 0 Å². The van der Waals surface area contributed by atoms with E-state index in [4.69, 9.17) is 4.74 Å². The van der Waals surface area contributed by atoms with Crippen LogP contribution < -0.4 is 4.74 Å². The Balaban J connectivity index is 1.89. The molecule has 0 saturated carbocycles. The van der Waals surface area contributed by atoms with E-state index in [0.29, 0.717) is 29.1 Å². The van der Waals surface area contributed by atoms with Crippen LogP contribution in [0.25, 0.3) is 16.7 Å². The highest BCUT2D eigenvalue weighted by atomic mass is 16.5. The van der Waals surface area contributed by atoms with Crippen molar-refractivity contribution in [1.29, 1.82) is 0 Å². The van der Waals surface area contributed by atoms with Crippen LogP contribution in [0.4, 0.5) is 0 Å². The fraction of sp³-hybridized carbons (Fsp3) is 0.250. The maximum absolute atomic E-state index is 10.2. The molecule has 114 valence electrons. The van der Waals surface area contributed by atoms with Crippen LogP contribution in [0.2, 0.25) is 0 Å². The van der Waals surface area contributed by atoms with Gasteiger partial charge in [-0.2, -0.15) is 0 Å². The first-order valence-corrected chi connectivity index (χ1v) is 7.19. The Labute approximate surface area is 127 Å². The van der Waals surface area contributed by atoms with E-state index in [1.807, 2.05) is 0 Å². The molecular weight excluding hydrogens is 282 g/mol. The molecule has 0 unspecified atom stereocenters. The minimum Gasteiger partial charge on any atom is -0.508 e. The lowest BCUT2D eigenvalue weighted by atomic mass is 10.3. The number of nitrogens with zero attached hydrogens (tertiary/aromatic N) is 3. The third-order valence-electron chi connectivity index (χ3n) is 3.29. The van der Waals surface area contributed by atoms with Crippen LogP contribution in [0.15, 0.2) is 36.4 Å². The average Bonchev–Trinajstić information content (AvgIpc) is 2.90. The number of hydrogen-bond acceptors (Lipinski definition) is 5. The summed E-state index contributed by atoms with van der Waals surface area (Å²) in [5.74, 6) is 0.783. The highest BCUT2D eigenvalue weighted by Gasteiger charge is 2.10. The number of benzene rings is 2. The molecule has 3 aromatic rings. The van der Waals surface area contributed by atoms with Gasteiger partial charge in [-0.05, 0) is 30.7 Å². The number of phenolic OH excluding ortho intramolecular Hbond substituents is 2. The third kappa shape index (κ3) is 2.81. The molecule has 0 aliphatic heterocycles. The average molecular weight is 299 g/mol. The van der Waals surface area contributed by atoms with Crippen LogP contribution in [0.1, 0.15) is 19.8 Å². The van der Waals surface area contributed by atoms with E-state index in [1.54, 1.807) is 30.3 Å². The zero-order valence-corrected chi connectivity index (χ0v) is 12.2. The number of ether oxygens (including phenoxy) is 1. The molecule has 1 aromatic heterocycles. The molecule has 0 atom stereocenters. The molecule has 0 aliphatic rings. The SMILES string of the molecule is CCCCOc1ccc(-n2nc3ccc(O)cc3n2)c(O)c1. The monoisotopic (exact) mass is 299 g/mol. The molecule has 6 heteroatoms. The Morgan fingerprint density at radius 2 is 1.86 bits per heavy atom. The summed E-state index contributed by atoms with van der Waals surface area (Å²) in [6, 6.07) is 9.78. The molecule has 1 heterocycles. The molecule has 6 nitrogen and oxygen atoms in total. The molecular formula is C16H17N3O3. The Kier molecular flexibility index (Phi) is 3.82. The van der Waals surface area contributed by atoms with Gasteiger partial charge in [0.2, 0.25) is 0 Å². The van der Waals surface area contributed by atoms with Gasteiger partial charge >= 0.3 is 0 Å². The molecule has 2 N–H and O–H groups in total. The van der Waals surface area contributed by atoms with Crippen molar-refractivity contribution < 1.29 is 14.9 Å². The summed E-state index contributed by atoms with van der Waals surface area (Å²) < 4.78 is 5.55. The van der Waals surface area contributed by atoms with Crippen LogP contribution in [-0.4, -0.2) is 31.8 Å². The lowest BCUT2D eigenvalue weighted by Gasteiger charge is -2.08. The van der Waals surface area contributed by atoms with E-state index in [0.717, 1.165) is 12.8 Å². The lowest BCUT2D eigenvalue weighted by molar-refractivity contribution is 0.307. The topological polar surface area (TPSA) is 80.4 Å². The lowest BCUT2D eigenvalue weighted by Crippen LogP contribution is -2.00. The number of phenols is 2. The number of fused-ring (bicyclic) bond motifs is 1. The van der Waals surface area contributed by atoms with Gasteiger partial charge in [0.15, 0.2) is 0 Å². The van der Waals surface area contributed by atoms with Crippen molar-refractivity contribution in [3.05, 3.63) is 36.4 Å². The predicted octanol–water partition coefficient (Wildman–Crippen LogP) is 3.01. The van der Waals surface area contributed by atoms with Gasteiger partial charge in [0.05, 0.1) is 6.61 Å². The van der Waals surface area contributed by atoms with E-state index in [-0.39, 0.29) is 11.5 Å². The largest absolute Gasteiger partial charge is 0.508 e. The molecule has 22 heavy (non-hydrogen) atoms. The van der Waals surface area contributed by atoms with Gasteiger partial charge in [0, 0.05) is 12.1 Å². The summed E-state index contributed by atoms with van der Waals surface area (Å²) in [4.78, 5) is 1.34. The number of unbranched alkanes of at least 4 members (excludes halogenated alkanes) is 1. The molecule has 0 amide bonds. The standard InChI is InChI=1S/C16H17N3O3/c1-2-3-8-22-12-5-7-15(16(21)10-12)19-17-13-6-4-11(20)9-14(13)18-19/h4-7,9-10,20-21H,2-3,8H2,1H3. The van der Waals surface area contributed by atoms with Gasteiger partial charge in [-0.1, -0.05) is 13.3 Å². The highest BCUT2D eigenvalue weighted by molar-refractivity contribution is 5.75. The molecule has 0 radical (unpaired) electrons. The van der Waals surface area contributed by atoms with Crippen LogP contribution in [0.5, 0.6) is 17.2 Å². The zero-order valence-electron chi connectivity index (χ0n) is 12.2. The normalized spacial score (nSPS) is 11.0. The van der Waals surface area contributed by atoms with Gasteiger partial charge < -0.3 is 14.9 Å². The van der Waals surface area contributed by atoms with Crippen LogP contribution in [0.3, 0.4) is 0 Å². The van der Waals surface area contributed by atoms with Crippen molar-refractivity contribution in [2.45, 2.75) is 19.8 Å². The Morgan fingerprint density at radius 3 is 2.64 bits per heavy atom. The first-order chi connectivity index (χ1) is 10.7. The number of rotatable bonds is 5. The summed E-state index contributed by atoms with van der Waals surface area (Å²) in [6.45, 7) is 2.72. The maximum Gasteiger partial charge on any atom is 0.146 e. The Morgan fingerprint density at radius 1 is 1.05 bits per heavy atom.